The molecule has 10 heteroatoms. The van der Waals surface area contributed by atoms with Crippen molar-refractivity contribution in [3.05, 3.63) is 65.9 Å². The number of nitrogens with zero attached hydrogens (tertiary/aromatic N) is 3. The topological polar surface area (TPSA) is 67.2 Å². The van der Waals surface area contributed by atoms with Crippen LogP contribution in [0.5, 0.6) is 0 Å². The van der Waals surface area contributed by atoms with Gasteiger partial charge in [-0.05, 0) is 35.9 Å². The summed E-state index contributed by atoms with van der Waals surface area (Å²) in [6, 6.07) is 14.0. The van der Waals surface area contributed by atoms with Crippen molar-refractivity contribution in [3.8, 4) is 16.9 Å². The number of hydrogen-bond acceptors (Lipinski definition) is 5. The highest BCUT2D eigenvalue weighted by Gasteiger charge is 2.35. The first-order chi connectivity index (χ1) is 15.1. The molecule has 4 rings (SSSR count). The van der Waals surface area contributed by atoms with Crippen LogP contribution in [0.3, 0.4) is 0 Å². The minimum atomic E-state index is -4.60. The Kier molecular flexibility index (Phi) is 6.11. The third kappa shape index (κ3) is 5.03. The van der Waals surface area contributed by atoms with E-state index in [0.717, 1.165) is 50.6 Å². The van der Waals surface area contributed by atoms with E-state index in [0.29, 0.717) is 11.3 Å². The molecule has 1 saturated heterocycles. The molecule has 170 valence electrons. The van der Waals surface area contributed by atoms with Crippen LogP contribution in [0.2, 0.25) is 0 Å². The fraction of sp³-hybridized carbons (Fsp3) is 0.318. The van der Waals surface area contributed by atoms with Gasteiger partial charge < -0.3 is 5.32 Å². The number of piperazine rings is 1. The van der Waals surface area contributed by atoms with E-state index in [1.165, 1.54) is 28.9 Å². The standard InChI is InChI=1S/C22H23F3N4O2S/c1-32(30,31)19-8-6-18(7-9-19)29-20(14-21(27-29)22(23,24)25)17-4-2-16(3-5-17)15-28-12-10-26-11-13-28/h2-9,14,26H,10-13,15H2,1H3. The molecule has 0 atom stereocenters. The average molecular weight is 465 g/mol. The van der Waals surface area contributed by atoms with Crippen LogP contribution in [0.4, 0.5) is 13.2 Å². The van der Waals surface area contributed by atoms with Crippen LogP contribution in [0.15, 0.2) is 59.5 Å². The van der Waals surface area contributed by atoms with Crippen molar-refractivity contribution in [2.45, 2.75) is 17.6 Å². The molecule has 1 N–H and O–H groups in total. The summed E-state index contributed by atoms with van der Waals surface area (Å²) in [5.41, 5.74) is 1.27. The molecule has 2 aromatic carbocycles. The monoisotopic (exact) mass is 464 g/mol. The summed E-state index contributed by atoms with van der Waals surface area (Å²) in [6.45, 7) is 4.56. The normalized spacial score (nSPS) is 15.8. The van der Waals surface area contributed by atoms with Gasteiger partial charge in [-0.15, -0.1) is 0 Å². The average Bonchev–Trinajstić information content (AvgIpc) is 3.21. The maximum atomic E-state index is 13.4. The van der Waals surface area contributed by atoms with Gasteiger partial charge in [0.15, 0.2) is 15.5 Å². The summed E-state index contributed by atoms with van der Waals surface area (Å²) in [4.78, 5) is 2.41. The van der Waals surface area contributed by atoms with Gasteiger partial charge in [0, 0.05) is 44.5 Å². The third-order valence-corrected chi connectivity index (χ3v) is 6.50. The van der Waals surface area contributed by atoms with E-state index in [-0.39, 0.29) is 10.6 Å². The second-order valence-corrected chi connectivity index (χ2v) is 9.83. The van der Waals surface area contributed by atoms with Gasteiger partial charge in [0.2, 0.25) is 0 Å². The van der Waals surface area contributed by atoms with Crippen molar-refractivity contribution in [2.75, 3.05) is 32.4 Å². The number of hydrogen-bond donors (Lipinski definition) is 1. The molecule has 32 heavy (non-hydrogen) atoms. The van der Waals surface area contributed by atoms with Crippen LogP contribution in [0.1, 0.15) is 11.3 Å². The maximum Gasteiger partial charge on any atom is 0.435 e. The highest BCUT2D eigenvalue weighted by molar-refractivity contribution is 7.90. The molecule has 1 aromatic heterocycles. The molecule has 1 aliphatic heterocycles. The Morgan fingerprint density at radius 3 is 2.19 bits per heavy atom. The Balaban J connectivity index is 1.67. The van der Waals surface area contributed by atoms with Gasteiger partial charge in [-0.1, -0.05) is 24.3 Å². The minimum absolute atomic E-state index is 0.0864. The summed E-state index contributed by atoms with van der Waals surface area (Å²) in [7, 11) is -3.42. The molecule has 1 fully saturated rings. The first-order valence-corrected chi connectivity index (χ1v) is 12.0. The van der Waals surface area contributed by atoms with Crippen molar-refractivity contribution >= 4 is 9.84 Å². The highest BCUT2D eigenvalue weighted by Crippen LogP contribution is 2.33. The van der Waals surface area contributed by atoms with Crippen LogP contribution >= 0.6 is 0 Å². The molecule has 0 bridgehead atoms. The molecule has 0 radical (unpaired) electrons. The van der Waals surface area contributed by atoms with Gasteiger partial charge in [-0.3, -0.25) is 4.90 Å². The van der Waals surface area contributed by atoms with Gasteiger partial charge >= 0.3 is 6.18 Å². The minimum Gasteiger partial charge on any atom is -0.314 e. The van der Waals surface area contributed by atoms with Crippen LogP contribution in [0.25, 0.3) is 16.9 Å². The number of nitrogens with one attached hydrogen (secondary N) is 1. The molecule has 0 amide bonds. The SMILES string of the molecule is CS(=O)(=O)c1ccc(-n2nc(C(F)(F)F)cc2-c2ccc(CN3CCNCC3)cc2)cc1. The maximum absolute atomic E-state index is 13.4. The summed E-state index contributed by atoms with van der Waals surface area (Å²) < 4.78 is 64.8. The molecule has 0 unspecified atom stereocenters. The van der Waals surface area contributed by atoms with Crippen molar-refractivity contribution in [1.29, 1.82) is 0 Å². The molecule has 1 aliphatic rings. The Hall–Kier alpha value is -2.69. The predicted octanol–water partition coefficient (Wildman–Crippen LogP) is 3.37. The highest BCUT2D eigenvalue weighted by atomic mass is 32.2. The number of alkyl halides is 3. The lowest BCUT2D eigenvalue weighted by atomic mass is 10.1. The van der Waals surface area contributed by atoms with Gasteiger partial charge in [-0.25, -0.2) is 13.1 Å². The molecular weight excluding hydrogens is 441 g/mol. The summed E-state index contributed by atoms with van der Waals surface area (Å²) in [5, 5.41) is 7.07. The van der Waals surface area contributed by atoms with Crippen LogP contribution in [-0.4, -0.2) is 55.5 Å². The Bertz CT molecular complexity index is 1180. The quantitative estimate of drug-likeness (QED) is 0.627. The van der Waals surface area contributed by atoms with E-state index in [1.54, 1.807) is 12.1 Å². The lowest BCUT2D eigenvalue weighted by Crippen LogP contribution is -2.42. The fourth-order valence-electron chi connectivity index (χ4n) is 3.66. The largest absolute Gasteiger partial charge is 0.435 e. The van der Waals surface area contributed by atoms with Crippen molar-refractivity contribution in [3.63, 3.8) is 0 Å². The summed E-state index contributed by atoms with van der Waals surface area (Å²) in [5.74, 6) is 0. The zero-order valence-electron chi connectivity index (χ0n) is 17.4. The van der Waals surface area contributed by atoms with Crippen LogP contribution in [0, 0.1) is 0 Å². The number of rotatable bonds is 5. The summed E-state index contributed by atoms with van der Waals surface area (Å²) >= 11 is 0. The van der Waals surface area contributed by atoms with E-state index in [1.807, 2.05) is 12.1 Å². The Labute approximate surface area is 184 Å². The predicted molar refractivity (Wildman–Crippen MR) is 115 cm³/mol. The first-order valence-electron chi connectivity index (χ1n) is 10.1. The van der Waals surface area contributed by atoms with Gasteiger partial charge in [0.25, 0.3) is 0 Å². The molecule has 0 saturated carbocycles. The van der Waals surface area contributed by atoms with Crippen LogP contribution in [-0.2, 0) is 22.6 Å². The second-order valence-electron chi connectivity index (χ2n) is 7.81. The van der Waals surface area contributed by atoms with Crippen LogP contribution < -0.4 is 5.32 Å². The molecular formula is C22H23F3N4O2S. The van der Waals surface area contributed by atoms with Crippen molar-refractivity contribution in [1.82, 2.24) is 20.0 Å². The summed E-state index contributed by atoms with van der Waals surface area (Å²) in [6.07, 6.45) is -3.53. The Morgan fingerprint density at radius 1 is 1.00 bits per heavy atom. The van der Waals surface area contributed by atoms with E-state index < -0.39 is 21.7 Å². The number of halogens is 3. The van der Waals surface area contributed by atoms with Crippen molar-refractivity contribution < 1.29 is 21.6 Å². The molecule has 3 aromatic rings. The number of aromatic nitrogens is 2. The van der Waals surface area contributed by atoms with E-state index >= 15 is 0 Å². The number of benzene rings is 2. The lowest BCUT2D eigenvalue weighted by Gasteiger charge is -2.27. The molecule has 2 heterocycles. The van der Waals surface area contributed by atoms with Gasteiger partial charge in [0.05, 0.1) is 16.3 Å². The first kappa shape index (κ1) is 22.5. The molecule has 6 nitrogen and oxygen atoms in total. The molecule has 0 aliphatic carbocycles. The second kappa shape index (κ2) is 8.68. The zero-order valence-corrected chi connectivity index (χ0v) is 18.2. The van der Waals surface area contributed by atoms with E-state index in [2.05, 4.69) is 15.3 Å². The van der Waals surface area contributed by atoms with Crippen molar-refractivity contribution in [2.24, 2.45) is 0 Å². The van der Waals surface area contributed by atoms with E-state index in [9.17, 15) is 21.6 Å². The Morgan fingerprint density at radius 2 is 1.62 bits per heavy atom. The lowest BCUT2D eigenvalue weighted by molar-refractivity contribution is -0.141. The number of sulfone groups is 1. The fourth-order valence-corrected chi connectivity index (χ4v) is 4.30. The van der Waals surface area contributed by atoms with Gasteiger partial charge in [-0.2, -0.15) is 18.3 Å². The third-order valence-electron chi connectivity index (χ3n) is 5.37. The van der Waals surface area contributed by atoms with E-state index in [4.69, 9.17) is 0 Å². The van der Waals surface area contributed by atoms with Gasteiger partial charge in [0.1, 0.15) is 0 Å². The smallest absolute Gasteiger partial charge is 0.314 e. The molecule has 0 spiro atoms. The zero-order chi connectivity index (χ0) is 22.9.